The topological polar surface area (TPSA) is 66.5 Å². The minimum Gasteiger partial charge on any atom is -0.352 e. The first-order valence-corrected chi connectivity index (χ1v) is 11.2. The zero-order chi connectivity index (χ0) is 21.0. The highest BCUT2D eigenvalue weighted by molar-refractivity contribution is 7.88. The third kappa shape index (κ3) is 5.52. The molecule has 2 aromatic carbocycles. The lowest BCUT2D eigenvalue weighted by Gasteiger charge is -2.30. The Kier molecular flexibility index (Phi) is 6.87. The predicted octanol–water partition coefficient (Wildman–Crippen LogP) is 3.48. The molecule has 3 rings (SSSR count). The summed E-state index contributed by atoms with van der Waals surface area (Å²) in [5.74, 6) is -2.07. The molecule has 0 aliphatic carbocycles. The summed E-state index contributed by atoms with van der Waals surface area (Å²) in [5.41, 5.74) is 0.601. The van der Waals surface area contributed by atoms with Crippen molar-refractivity contribution < 1.29 is 22.0 Å². The number of carbonyl (C=O) groups excluding carboxylic acids is 1. The van der Waals surface area contributed by atoms with Gasteiger partial charge in [-0.2, -0.15) is 0 Å². The predicted molar refractivity (Wildman–Crippen MR) is 107 cm³/mol. The van der Waals surface area contributed by atoms with Crippen LogP contribution in [0.5, 0.6) is 0 Å². The van der Waals surface area contributed by atoms with Gasteiger partial charge in [0.15, 0.2) is 0 Å². The maximum absolute atomic E-state index is 13.9. The van der Waals surface area contributed by atoms with Crippen LogP contribution in [0.2, 0.25) is 5.02 Å². The highest BCUT2D eigenvalue weighted by atomic mass is 35.5. The first kappa shape index (κ1) is 21.7. The number of piperidine rings is 1. The van der Waals surface area contributed by atoms with Gasteiger partial charge in [-0.05, 0) is 42.7 Å². The smallest absolute Gasteiger partial charge is 0.223 e. The van der Waals surface area contributed by atoms with Crippen LogP contribution in [-0.4, -0.2) is 31.7 Å². The average molecular weight is 443 g/mol. The molecule has 0 saturated carbocycles. The Bertz CT molecular complexity index is 973. The zero-order valence-electron chi connectivity index (χ0n) is 15.6. The molecule has 1 aliphatic rings. The fraction of sp³-hybridized carbons (Fsp3) is 0.350. The number of carbonyl (C=O) groups is 1. The lowest BCUT2D eigenvalue weighted by atomic mass is 9.97. The van der Waals surface area contributed by atoms with Crippen LogP contribution < -0.4 is 5.32 Å². The van der Waals surface area contributed by atoms with Crippen molar-refractivity contribution in [3.8, 4) is 0 Å². The third-order valence-corrected chi connectivity index (χ3v) is 7.12. The van der Waals surface area contributed by atoms with Gasteiger partial charge in [0, 0.05) is 36.1 Å². The number of hydrogen-bond donors (Lipinski definition) is 1. The summed E-state index contributed by atoms with van der Waals surface area (Å²) in [6.45, 7) is 0.555. The van der Waals surface area contributed by atoms with E-state index in [0.717, 1.165) is 0 Å². The average Bonchev–Trinajstić information content (AvgIpc) is 2.69. The van der Waals surface area contributed by atoms with Gasteiger partial charge in [-0.25, -0.2) is 21.5 Å². The molecule has 0 atom stereocenters. The number of benzene rings is 2. The van der Waals surface area contributed by atoms with Gasteiger partial charge in [-0.1, -0.05) is 29.8 Å². The molecule has 1 heterocycles. The fourth-order valence-electron chi connectivity index (χ4n) is 3.32. The third-order valence-electron chi connectivity index (χ3n) is 4.96. The van der Waals surface area contributed by atoms with Crippen molar-refractivity contribution in [2.24, 2.45) is 5.92 Å². The van der Waals surface area contributed by atoms with Crippen molar-refractivity contribution in [3.63, 3.8) is 0 Å². The number of amides is 1. The summed E-state index contributed by atoms with van der Waals surface area (Å²) >= 11 is 5.93. The molecule has 9 heteroatoms. The van der Waals surface area contributed by atoms with E-state index >= 15 is 0 Å². The van der Waals surface area contributed by atoms with E-state index in [2.05, 4.69) is 5.32 Å². The van der Waals surface area contributed by atoms with Crippen LogP contribution in [0.3, 0.4) is 0 Å². The van der Waals surface area contributed by atoms with Crippen LogP contribution in [0.15, 0.2) is 42.5 Å². The van der Waals surface area contributed by atoms with Gasteiger partial charge < -0.3 is 5.32 Å². The second-order valence-electron chi connectivity index (χ2n) is 6.98. The van der Waals surface area contributed by atoms with Crippen molar-refractivity contribution in [1.29, 1.82) is 0 Å². The van der Waals surface area contributed by atoms with Gasteiger partial charge >= 0.3 is 0 Å². The van der Waals surface area contributed by atoms with E-state index in [1.54, 1.807) is 12.1 Å². The number of sulfonamides is 1. The molecule has 1 saturated heterocycles. The Morgan fingerprint density at radius 2 is 1.83 bits per heavy atom. The molecule has 0 radical (unpaired) electrons. The van der Waals surface area contributed by atoms with E-state index in [4.69, 9.17) is 11.6 Å². The number of nitrogens with zero attached hydrogens (tertiary/aromatic N) is 1. The molecule has 1 amide bonds. The number of hydrogen-bond acceptors (Lipinski definition) is 3. The van der Waals surface area contributed by atoms with Crippen molar-refractivity contribution >= 4 is 27.5 Å². The molecule has 29 heavy (non-hydrogen) atoms. The van der Waals surface area contributed by atoms with Crippen molar-refractivity contribution in [1.82, 2.24) is 9.62 Å². The van der Waals surface area contributed by atoms with Gasteiger partial charge in [-0.15, -0.1) is 0 Å². The Labute approximate surface area is 173 Å². The second-order valence-corrected chi connectivity index (χ2v) is 9.35. The Balaban J connectivity index is 1.54. The minimum absolute atomic E-state index is 0.0517. The fourth-order valence-corrected chi connectivity index (χ4v) is 5.24. The summed E-state index contributed by atoms with van der Waals surface area (Å²) in [6, 6.07) is 10.0. The normalized spacial score (nSPS) is 16.0. The molecule has 1 aliphatic heterocycles. The van der Waals surface area contributed by atoms with Crippen LogP contribution in [-0.2, 0) is 27.1 Å². The summed E-state index contributed by atoms with van der Waals surface area (Å²) in [7, 11) is -3.76. The van der Waals surface area contributed by atoms with Gasteiger partial charge in [0.25, 0.3) is 0 Å². The molecule has 0 aromatic heterocycles. The largest absolute Gasteiger partial charge is 0.352 e. The summed E-state index contributed by atoms with van der Waals surface area (Å²) in [4.78, 5) is 12.4. The SMILES string of the molecule is O=C(NCc1cccc(F)c1)C1CCN(S(=O)(=O)Cc2c(F)cccc2Cl)CC1. The van der Waals surface area contributed by atoms with E-state index in [9.17, 15) is 22.0 Å². The lowest BCUT2D eigenvalue weighted by Crippen LogP contribution is -2.43. The van der Waals surface area contributed by atoms with E-state index in [1.165, 1.54) is 34.6 Å². The first-order chi connectivity index (χ1) is 13.8. The van der Waals surface area contributed by atoms with Crippen LogP contribution in [0.4, 0.5) is 8.78 Å². The van der Waals surface area contributed by atoms with Crippen molar-refractivity contribution in [2.75, 3.05) is 13.1 Å². The molecule has 1 N–H and O–H groups in total. The number of nitrogens with one attached hydrogen (secondary N) is 1. The Hall–Kier alpha value is -2.03. The van der Waals surface area contributed by atoms with Gasteiger partial charge in [0.2, 0.25) is 15.9 Å². The maximum atomic E-state index is 13.9. The van der Waals surface area contributed by atoms with E-state index in [0.29, 0.717) is 18.4 Å². The van der Waals surface area contributed by atoms with Crippen molar-refractivity contribution in [3.05, 3.63) is 70.2 Å². The quantitative estimate of drug-likeness (QED) is 0.744. The highest BCUT2D eigenvalue weighted by Crippen LogP contribution is 2.26. The zero-order valence-corrected chi connectivity index (χ0v) is 17.1. The van der Waals surface area contributed by atoms with Gasteiger partial charge in [0.05, 0.1) is 5.75 Å². The summed E-state index contributed by atoms with van der Waals surface area (Å²) < 4.78 is 53.7. The molecule has 0 bridgehead atoms. The van der Waals surface area contributed by atoms with Crippen LogP contribution in [0, 0.1) is 17.6 Å². The summed E-state index contributed by atoms with van der Waals surface area (Å²) in [6.07, 6.45) is 0.721. The highest BCUT2D eigenvalue weighted by Gasteiger charge is 2.32. The maximum Gasteiger partial charge on any atom is 0.223 e. The van der Waals surface area contributed by atoms with Gasteiger partial charge in [0.1, 0.15) is 11.6 Å². The minimum atomic E-state index is -3.76. The molecule has 2 aromatic rings. The number of rotatable bonds is 6. The van der Waals surface area contributed by atoms with Gasteiger partial charge in [-0.3, -0.25) is 4.79 Å². The molecular weight excluding hydrogens is 422 g/mol. The molecular formula is C20H21ClF2N2O3S. The molecule has 1 fully saturated rings. The lowest BCUT2D eigenvalue weighted by molar-refractivity contribution is -0.126. The Morgan fingerprint density at radius 1 is 1.14 bits per heavy atom. The molecule has 0 spiro atoms. The standard InChI is InChI=1S/C20H21ClF2N2O3S/c21-18-5-2-6-19(23)17(18)13-29(27,28)25-9-7-15(8-10-25)20(26)24-12-14-3-1-4-16(22)11-14/h1-6,11,15H,7-10,12-13H2,(H,24,26). The van der Waals surface area contributed by atoms with E-state index in [-0.39, 0.29) is 47.9 Å². The van der Waals surface area contributed by atoms with Crippen LogP contribution in [0.1, 0.15) is 24.0 Å². The van der Waals surface area contributed by atoms with E-state index < -0.39 is 21.6 Å². The van der Waals surface area contributed by atoms with Crippen molar-refractivity contribution in [2.45, 2.75) is 25.1 Å². The monoisotopic (exact) mass is 442 g/mol. The van der Waals surface area contributed by atoms with E-state index in [1.807, 2.05) is 0 Å². The first-order valence-electron chi connectivity index (χ1n) is 9.19. The summed E-state index contributed by atoms with van der Waals surface area (Å²) in [5, 5.41) is 2.83. The number of halogens is 3. The Morgan fingerprint density at radius 3 is 2.48 bits per heavy atom. The van der Waals surface area contributed by atoms with Crippen LogP contribution >= 0.6 is 11.6 Å². The molecule has 156 valence electrons. The molecule has 5 nitrogen and oxygen atoms in total. The van der Waals surface area contributed by atoms with Crippen LogP contribution in [0.25, 0.3) is 0 Å². The molecule has 0 unspecified atom stereocenters. The second kappa shape index (κ2) is 9.19.